The van der Waals surface area contributed by atoms with Gasteiger partial charge in [0.1, 0.15) is 0 Å². The Balaban J connectivity index is 2.91. The molecule has 1 saturated heterocycles. The van der Waals surface area contributed by atoms with Gasteiger partial charge >= 0.3 is 0 Å². The number of alkyl halides is 5. The predicted molar refractivity (Wildman–Crippen MR) is 64.3 cm³/mol. The van der Waals surface area contributed by atoms with Crippen molar-refractivity contribution < 1.29 is 9.00 Å². The van der Waals surface area contributed by atoms with Crippen LogP contribution in [0.4, 0.5) is 0 Å². The van der Waals surface area contributed by atoms with E-state index in [-0.39, 0.29) is 12.3 Å². The highest BCUT2D eigenvalue weighted by Crippen LogP contribution is 2.38. The number of amides is 1. The molecule has 1 rings (SSSR count). The lowest BCUT2D eigenvalue weighted by Crippen LogP contribution is -2.46. The van der Waals surface area contributed by atoms with Gasteiger partial charge < -0.3 is 4.90 Å². The Kier molecular flexibility index (Phi) is 4.85. The van der Waals surface area contributed by atoms with Crippen LogP contribution in [0, 0.1) is 0 Å². The van der Waals surface area contributed by atoms with Crippen LogP contribution >= 0.6 is 58.0 Å². The molecule has 0 saturated carbocycles. The number of carbonyl (C=O) groups is 1. The third-order valence-corrected chi connectivity index (χ3v) is 4.89. The van der Waals surface area contributed by atoms with E-state index < -0.39 is 30.7 Å². The summed E-state index contributed by atoms with van der Waals surface area (Å²) >= 11 is 27.7. The summed E-state index contributed by atoms with van der Waals surface area (Å²) in [6, 6.07) is 0. The van der Waals surface area contributed by atoms with Gasteiger partial charge in [-0.2, -0.15) is 0 Å². The molecule has 9 heteroatoms. The molecule has 3 nitrogen and oxygen atoms in total. The van der Waals surface area contributed by atoms with Crippen molar-refractivity contribution in [3.05, 3.63) is 0 Å². The van der Waals surface area contributed by atoms with E-state index in [9.17, 15) is 9.00 Å². The lowest BCUT2D eigenvalue weighted by molar-refractivity contribution is -0.129. The maximum absolute atomic E-state index is 11.5. The maximum Gasteiger partial charge on any atom is 0.257 e. The number of carbonyl (C=O) groups excluding carboxylic acids is 1. The van der Waals surface area contributed by atoms with Gasteiger partial charge in [-0.15, -0.1) is 0 Å². The molecular weight excluding hydrogens is 327 g/mol. The van der Waals surface area contributed by atoms with Crippen LogP contribution in [0.15, 0.2) is 0 Å². The first-order valence-electron chi connectivity index (χ1n) is 3.77. The Morgan fingerprint density at radius 1 is 1.40 bits per heavy atom. The molecule has 0 N–H and O–H groups in total. The van der Waals surface area contributed by atoms with Crippen molar-refractivity contribution in [2.75, 3.05) is 12.3 Å². The second-order valence-electron chi connectivity index (χ2n) is 2.81. The minimum atomic E-state index is -1.81. The zero-order valence-electron chi connectivity index (χ0n) is 7.13. The van der Waals surface area contributed by atoms with E-state index in [2.05, 4.69) is 0 Å². The first-order valence-corrected chi connectivity index (χ1v) is 7.16. The van der Waals surface area contributed by atoms with Gasteiger partial charge in [-0.1, -0.05) is 58.0 Å². The van der Waals surface area contributed by atoms with Gasteiger partial charge in [-0.3, -0.25) is 9.00 Å². The van der Waals surface area contributed by atoms with E-state index >= 15 is 0 Å². The highest BCUT2D eigenvalue weighted by Gasteiger charge is 2.48. The van der Waals surface area contributed by atoms with Crippen LogP contribution in [0.1, 0.15) is 0 Å². The quantitative estimate of drug-likeness (QED) is 0.689. The Morgan fingerprint density at radius 3 is 2.33 bits per heavy atom. The molecule has 0 aromatic rings. The molecule has 0 aliphatic carbocycles. The van der Waals surface area contributed by atoms with Crippen molar-refractivity contribution in [3.8, 4) is 0 Å². The number of nitrogens with zero attached hydrogens (tertiary/aromatic N) is 1. The molecule has 0 radical (unpaired) electrons. The molecule has 0 bridgehead atoms. The van der Waals surface area contributed by atoms with Crippen LogP contribution in [0.2, 0.25) is 0 Å². The van der Waals surface area contributed by atoms with Crippen molar-refractivity contribution in [3.63, 3.8) is 0 Å². The molecule has 15 heavy (non-hydrogen) atoms. The number of hydrogen-bond donors (Lipinski definition) is 0. The van der Waals surface area contributed by atoms with Crippen LogP contribution in [-0.4, -0.2) is 41.3 Å². The first-order chi connectivity index (χ1) is 6.75. The monoisotopic (exact) mass is 331 g/mol. The molecule has 1 fully saturated rings. The molecule has 1 amide bonds. The van der Waals surface area contributed by atoms with Crippen molar-refractivity contribution in [2.24, 2.45) is 0 Å². The lowest BCUT2D eigenvalue weighted by atomic mass is 10.5. The average Bonchev–Trinajstić information content (AvgIpc) is 2.44. The van der Waals surface area contributed by atoms with Gasteiger partial charge in [0.05, 0.1) is 10.8 Å². The van der Waals surface area contributed by atoms with Crippen LogP contribution in [0.25, 0.3) is 0 Å². The lowest BCUT2D eigenvalue weighted by Gasteiger charge is -2.28. The van der Waals surface area contributed by atoms with Gasteiger partial charge in [-0.25, -0.2) is 0 Å². The Labute approximate surface area is 114 Å². The minimum Gasteiger partial charge on any atom is -0.321 e. The summed E-state index contributed by atoms with van der Waals surface area (Å²) < 4.78 is 9.73. The summed E-state index contributed by atoms with van der Waals surface area (Å²) in [7, 11) is -1.41. The van der Waals surface area contributed by atoms with E-state index in [0.717, 1.165) is 4.90 Å². The Hall–Kier alpha value is 1.07. The van der Waals surface area contributed by atoms with E-state index in [0.29, 0.717) is 0 Å². The average molecular weight is 333 g/mol. The summed E-state index contributed by atoms with van der Waals surface area (Å²) in [4.78, 5) is 11.4. The molecule has 0 aromatic carbocycles. The number of hydrogen-bond acceptors (Lipinski definition) is 2. The molecule has 1 aliphatic rings. The van der Waals surface area contributed by atoms with Gasteiger partial charge in [-0.05, 0) is 0 Å². The first kappa shape index (κ1) is 14.1. The SMILES string of the molecule is O=C(C(Cl)Cl)N1CCS(=O)C1C(Cl)(Cl)Cl. The van der Waals surface area contributed by atoms with Crippen molar-refractivity contribution in [1.82, 2.24) is 4.90 Å². The van der Waals surface area contributed by atoms with Gasteiger partial charge in [0.2, 0.25) is 3.79 Å². The maximum atomic E-state index is 11.5. The summed E-state index contributed by atoms with van der Waals surface area (Å²) in [6.07, 6.45) is 0. The third kappa shape index (κ3) is 3.27. The normalized spacial score (nSPS) is 27.5. The molecule has 2 atom stereocenters. The van der Waals surface area contributed by atoms with E-state index in [1.54, 1.807) is 0 Å². The number of halogens is 5. The number of rotatable bonds is 1. The van der Waals surface area contributed by atoms with E-state index in [4.69, 9.17) is 58.0 Å². The second-order valence-corrected chi connectivity index (χ2v) is 7.89. The molecule has 0 spiro atoms. The summed E-state index contributed by atoms with van der Waals surface area (Å²) in [5.41, 5.74) is 0. The van der Waals surface area contributed by atoms with Crippen LogP contribution < -0.4 is 0 Å². The zero-order valence-corrected chi connectivity index (χ0v) is 11.7. The summed E-state index contributed by atoms with van der Waals surface area (Å²) in [5.74, 6) is -0.342. The Morgan fingerprint density at radius 2 is 1.93 bits per heavy atom. The third-order valence-electron chi connectivity index (χ3n) is 1.82. The van der Waals surface area contributed by atoms with Crippen molar-refractivity contribution in [1.29, 1.82) is 0 Å². The fourth-order valence-electron chi connectivity index (χ4n) is 1.24. The van der Waals surface area contributed by atoms with Crippen molar-refractivity contribution in [2.45, 2.75) is 14.0 Å². The Bertz CT molecular complexity index is 292. The van der Waals surface area contributed by atoms with Crippen LogP contribution in [0.3, 0.4) is 0 Å². The molecule has 2 unspecified atom stereocenters. The molecule has 1 aliphatic heterocycles. The minimum absolute atomic E-state index is 0.222. The van der Waals surface area contributed by atoms with Crippen molar-refractivity contribution >= 4 is 74.7 Å². The topological polar surface area (TPSA) is 37.4 Å². The molecule has 1 heterocycles. The fourth-order valence-corrected chi connectivity index (χ4v) is 4.13. The van der Waals surface area contributed by atoms with Gasteiger partial charge in [0.25, 0.3) is 5.91 Å². The summed E-state index contributed by atoms with van der Waals surface area (Å²) in [6.45, 7) is 0.222. The van der Waals surface area contributed by atoms with Crippen LogP contribution in [0.5, 0.6) is 0 Å². The molecule has 0 aromatic heterocycles. The molecule has 88 valence electrons. The van der Waals surface area contributed by atoms with E-state index in [1.807, 2.05) is 0 Å². The van der Waals surface area contributed by atoms with Gasteiger partial charge in [0.15, 0.2) is 10.2 Å². The smallest absolute Gasteiger partial charge is 0.257 e. The van der Waals surface area contributed by atoms with Gasteiger partial charge in [0, 0.05) is 12.3 Å². The standard InChI is InChI=1S/C6H6Cl5NO2S/c7-3(8)4(13)12-1-2-15(14)5(12)6(9,10)11/h3,5H,1-2H2. The zero-order chi connectivity index (χ0) is 11.8. The summed E-state index contributed by atoms with van der Waals surface area (Å²) in [5, 5.41) is -0.991. The van der Waals surface area contributed by atoms with Crippen LogP contribution in [-0.2, 0) is 15.6 Å². The largest absolute Gasteiger partial charge is 0.321 e. The predicted octanol–water partition coefficient (Wildman–Crippen LogP) is 2.08. The highest BCUT2D eigenvalue weighted by molar-refractivity contribution is 7.86. The second kappa shape index (κ2) is 5.15. The molecular formula is C6H6Cl5NO2S. The fraction of sp³-hybridized carbons (Fsp3) is 0.833. The van der Waals surface area contributed by atoms with E-state index in [1.165, 1.54) is 0 Å². The highest BCUT2D eigenvalue weighted by atomic mass is 35.6.